The summed E-state index contributed by atoms with van der Waals surface area (Å²) in [4.78, 5) is 11.4. The zero-order chi connectivity index (χ0) is 17.6. The Morgan fingerprint density at radius 2 is 1.80 bits per heavy atom. The van der Waals surface area contributed by atoms with Gasteiger partial charge in [-0.05, 0) is 37.5 Å². The molecule has 1 amide bonds. The van der Waals surface area contributed by atoms with Crippen LogP contribution in [0.4, 0.5) is 0 Å². The first-order chi connectivity index (χ1) is 11.4. The first-order valence-electron chi connectivity index (χ1n) is 8.53. The van der Waals surface area contributed by atoms with Gasteiger partial charge in [0.15, 0.2) is 0 Å². The third kappa shape index (κ3) is 6.58. The van der Waals surface area contributed by atoms with Gasteiger partial charge in [-0.15, -0.1) is 12.4 Å². The van der Waals surface area contributed by atoms with Crippen molar-refractivity contribution in [2.45, 2.75) is 56.4 Å². The number of carbonyl (C=O) groups is 1. The van der Waals surface area contributed by atoms with E-state index >= 15 is 0 Å². The molecule has 1 aliphatic carbocycles. The van der Waals surface area contributed by atoms with Crippen LogP contribution in [-0.2, 0) is 10.0 Å². The summed E-state index contributed by atoms with van der Waals surface area (Å²) in [7, 11) is -3.64. The van der Waals surface area contributed by atoms with Crippen LogP contribution in [0.25, 0.3) is 0 Å². The summed E-state index contributed by atoms with van der Waals surface area (Å²) in [5.41, 5.74) is 6.17. The number of aryl methyl sites for hydroxylation is 1. The number of primary amides is 1. The molecular weight excluding hydrogens is 362 g/mol. The largest absolute Gasteiger partial charge is 0.366 e. The Bertz CT molecular complexity index is 672. The number of nitrogens with two attached hydrogens (primary N) is 1. The molecule has 4 N–H and O–H groups in total. The van der Waals surface area contributed by atoms with Crippen LogP contribution in [0.3, 0.4) is 0 Å². The van der Waals surface area contributed by atoms with Gasteiger partial charge in [0.05, 0.1) is 4.90 Å². The molecule has 0 bridgehead atoms. The van der Waals surface area contributed by atoms with Gasteiger partial charge >= 0.3 is 0 Å². The number of sulfonamides is 1. The number of carbonyl (C=O) groups excluding carboxylic acids is 1. The highest BCUT2D eigenvalue weighted by molar-refractivity contribution is 7.89. The molecule has 8 heteroatoms. The molecule has 1 fully saturated rings. The molecule has 1 saturated carbocycles. The number of hydrogen-bond donors (Lipinski definition) is 3. The fraction of sp³-hybridized carbons (Fsp3) is 0.588. The highest BCUT2D eigenvalue weighted by atomic mass is 35.5. The summed E-state index contributed by atoms with van der Waals surface area (Å²) in [5.74, 6) is -0.625. The maximum Gasteiger partial charge on any atom is 0.249 e. The van der Waals surface area contributed by atoms with Crippen molar-refractivity contribution >= 4 is 28.3 Å². The summed E-state index contributed by atoms with van der Waals surface area (Å²) in [6.07, 6.45) is 7.38. The lowest BCUT2D eigenvalue weighted by Gasteiger charge is -2.16. The van der Waals surface area contributed by atoms with Crippen molar-refractivity contribution in [3.63, 3.8) is 0 Å². The molecule has 0 saturated heterocycles. The molecular formula is C17H28ClN3O3S. The van der Waals surface area contributed by atoms with E-state index in [-0.39, 0.29) is 22.9 Å². The van der Waals surface area contributed by atoms with E-state index in [9.17, 15) is 13.2 Å². The molecule has 0 radical (unpaired) electrons. The second kappa shape index (κ2) is 10.1. The SMILES string of the molecule is Cc1ccc(S(=O)(=O)NCCNC2CCCCCC2)cc1C(N)=O.Cl. The minimum atomic E-state index is -3.64. The summed E-state index contributed by atoms with van der Waals surface area (Å²) in [5, 5.41) is 3.42. The van der Waals surface area contributed by atoms with Crippen molar-refractivity contribution in [3.8, 4) is 0 Å². The first-order valence-corrected chi connectivity index (χ1v) is 10.0. The van der Waals surface area contributed by atoms with Crippen molar-refractivity contribution in [2.24, 2.45) is 5.73 Å². The lowest BCUT2D eigenvalue weighted by Crippen LogP contribution is -2.36. The standard InChI is InChI=1S/C17H27N3O3S.ClH/c1-13-8-9-15(12-16(13)17(18)21)24(22,23)20-11-10-19-14-6-4-2-3-5-7-14;/h8-9,12,14,19-20H,2-7,10-11H2,1H3,(H2,18,21);1H. The molecule has 1 aliphatic rings. The van der Waals surface area contributed by atoms with Gasteiger partial charge in [0.2, 0.25) is 15.9 Å². The monoisotopic (exact) mass is 389 g/mol. The molecule has 0 spiro atoms. The lowest BCUT2D eigenvalue weighted by molar-refractivity contribution is 0.0999. The topological polar surface area (TPSA) is 101 Å². The highest BCUT2D eigenvalue weighted by Crippen LogP contribution is 2.17. The predicted molar refractivity (Wildman–Crippen MR) is 102 cm³/mol. The van der Waals surface area contributed by atoms with Gasteiger partial charge in [0.25, 0.3) is 0 Å². The number of nitrogens with one attached hydrogen (secondary N) is 2. The number of rotatable bonds is 7. The molecule has 0 aliphatic heterocycles. The minimum Gasteiger partial charge on any atom is -0.366 e. The zero-order valence-electron chi connectivity index (χ0n) is 14.6. The summed E-state index contributed by atoms with van der Waals surface area (Å²) in [6, 6.07) is 4.90. The molecule has 6 nitrogen and oxygen atoms in total. The van der Waals surface area contributed by atoms with Gasteiger partial charge in [0, 0.05) is 24.7 Å². The predicted octanol–water partition coefficient (Wildman–Crippen LogP) is 2.11. The van der Waals surface area contributed by atoms with Crippen LogP contribution in [0.5, 0.6) is 0 Å². The molecule has 1 aromatic carbocycles. The molecule has 142 valence electrons. The zero-order valence-corrected chi connectivity index (χ0v) is 16.2. The summed E-state index contributed by atoms with van der Waals surface area (Å²) in [6.45, 7) is 2.64. The van der Waals surface area contributed by atoms with E-state index in [1.54, 1.807) is 13.0 Å². The quantitative estimate of drug-likeness (QED) is 0.491. The average molecular weight is 390 g/mol. The Kier molecular flexibility index (Phi) is 8.85. The Labute approximate surface area is 156 Å². The number of benzene rings is 1. The van der Waals surface area contributed by atoms with Crippen molar-refractivity contribution in [1.29, 1.82) is 0 Å². The van der Waals surface area contributed by atoms with Gasteiger partial charge in [-0.3, -0.25) is 4.79 Å². The van der Waals surface area contributed by atoms with Gasteiger partial charge in [-0.1, -0.05) is 31.7 Å². The fourth-order valence-corrected chi connectivity index (χ4v) is 4.12. The van der Waals surface area contributed by atoms with E-state index in [0.717, 1.165) is 12.8 Å². The average Bonchev–Trinajstić information content (AvgIpc) is 2.80. The third-order valence-electron chi connectivity index (χ3n) is 4.49. The van der Waals surface area contributed by atoms with Crippen LogP contribution in [0.15, 0.2) is 23.1 Å². The fourth-order valence-electron chi connectivity index (χ4n) is 3.06. The van der Waals surface area contributed by atoms with Crippen LogP contribution in [0.1, 0.15) is 54.4 Å². The maximum absolute atomic E-state index is 12.3. The Hall–Kier alpha value is -1.15. The second-order valence-corrected chi connectivity index (χ2v) is 8.15. The van der Waals surface area contributed by atoms with Gasteiger partial charge in [-0.25, -0.2) is 13.1 Å². The molecule has 0 heterocycles. The van der Waals surface area contributed by atoms with E-state index < -0.39 is 15.9 Å². The number of halogens is 1. The Morgan fingerprint density at radius 1 is 1.16 bits per heavy atom. The van der Waals surface area contributed by atoms with Crippen LogP contribution in [-0.4, -0.2) is 33.5 Å². The van der Waals surface area contributed by atoms with Gasteiger partial charge in [0.1, 0.15) is 0 Å². The van der Waals surface area contributed by atoms with Crippen LogP contribution < -0.4 is 15.8 Å². The van der Waals surface area contributed by atoms with Crippen LogP contribution in [0, 0.1) is 6.92 Å². The van der Waals surface area contributed by atoms with Crippen LogP contribution >= 0.6 is 12.4 Å². The first kappa shape index (κ1) is 21.9. The van der Waals surface area contributed by atoms with Crippen molar-refractivity contribution in [2.75, 3.05) is 13.1 Å². The minimum absolute atomic E-state index is 0. The summed E-state index contributed by atoms with van der Waals surface area (Å²) < 4.78 is 27.2. The van der Waals surface area contributed by atoms with E-state index in [1.165, 1.54) is 37.8 Å². The normalized spacial score (nSPS) is 16.0. The molecule has 1 aromatic rings. The van der Waals surface area contributed by atoms with Crippen molar-refractivity contribution < 1.29 is 13.2 Å². The van der Waals surface area contributed by atoms with Gasteiger partial charge in [-0.2, -0.15) is 0 Å². The molecule has 0 aromatic heterocycles. The third-order valence-corrected chi connectivity index (χ3v) is 5.95. The van der Waals surface area contributed by atoms with E-state index in [4.69, 9.17) is 5.73 Å². The van der Waals surface area contributed by atoms with Crippen molar-refractivity contribution in [3.05, 3.63) is 29.3 Å². The highest BCUT2D eigenvalue weighted by Gasteiger charge is 2.17. The molecule has 2 rings (SSSR count). The Morgan fingerprint density at radius 3 is 2.40 bits per heavy atom. The second-order valence-electron chi connectivity index (χ2n) is 6.38. The molecule has 0 atom stereocenters. The number of hydrogen-bond acceptors (Lipinski definition) is 4. The van der Waals surface area contributed by atoms with E-state index in [1.807, 2.05) is 0 Å². The van der Waals surface area contributed by atoms with E-state index in [0.29, 0.717) is 24.7 Å². The smallest absolute Gasteiger partial charge is 0.249 e. The summed E-state index contributed by atoms with van der Waals surface area (Å²) >= 11 is 0. The molecule has 0 unspecified atom stereocenters. The van der Waals surface area contributed by atoms with Crippen molar-refractivity contribution in [1.82, 2.24) is 10.0 Å². The maximum atomic E-state index is 12.3. The molecule has 25 heavy (non-hydrogen) atoms. The lowest BCUT2D eigenvalue weighted by atomic mass is 10.1. The number of amides is 1. The van der Waals surface area contributed by atoms with Crippen LogP contribution in [0.2, 0.25) is 0 Å². The van der Waals surface area contributed by atoms with Gasteiger partial charge < -0.3 is 11.1 Å². The van der Waals surface area contributed by atoms with E-state index in [2.05, 4.69) is 10.0 Å². The Balaban J connectivity index is 0.00000312.